The zero-order valence-corrected chi connectivity index (χ0v) is 10.7. The van der Waals surface area contributed by atoms with E-state index in [9.17, 15) is 0 Å². The molecule has 4 heteroatoms. The summed E-state index contributed by atoms with van der Waals surface area (Å²) in [5, 5.41) is 0. The van der Waals surface area contributed by atoms with Crippen molar-refractivity contribution in [1.29, 1.82) is 0 Å². The van der Waals surface area contributed by atoms with Crippen LogP contribution < -0.4 is 11.3 Å². The first-order chi connectivity index (χ1) is 7.70. The number of nitrogens with zero attached hydrogens (tertiary/aromatic N) is 1. The van der Waals surface area contributed by atoms with Crippen molar-refractivity contribution < 1.29 is 0 Å². The van der Waals surface area contributed by atoms with Crippen LogP contribution in [-0.4, -0.2) is 11.9 Å². The molecule has 1 aliphatic rings. The predicted octanol–water partition coefficient (Wildman–Crippen LogP) is 2.52. The van der Waals surface area contributed by atoms with Crippen molar-refractivity contribution in [3.63, 3.8) is 0 Å². The molecule has 1 aliphatic carbocycles. The van der Waals surface area contributed by atoms with E-state index in [2.05, 4.69) is 25.3 Å². The monoisotopic (exact) mass is 237 g/mol. The number of nitrogens with two attached hydrogens (primary N) is 1. The maximum atomic E-state index is 5.57. The second-order valence-corrected chi connectivity index (χ2v) is 5.67. The Morgan fingerprint density at radius 3 is 2.62 bits per heavy atom. The Bertz CT molecular complexity index is 369. The Labute approximate surface area is 101 Å². The van der Waals surface area contributed by atoms with Crippen molar-refractivity contribution in [3.8, 4) is 0 Å². The summed E-state index contributed by atoms with van der Waals surface area (Å²) >= 11 is 1.76. The molecule has 1 saturated carbocycles. The zero-order chi connectivity index (χ0) is 11.5. The predicted molar refractivity (Wildman–Crippen MR) is 69.9 cm³/mol. The molecule has 0 radical (unpaired) electrons. The third kappa shape index (κ3) is 2.44. The third-order valence-electron chi connectivity index (χ3n) is 3.17. The first-order valence-corrected chi connectivity index (χ1v) is 6.64. The smallest absolute Gasteiger partial charge is 0.153 e. The Balaban J connectivity index is 2.20. The van der Waals surface area contributed by atoms with E-state index >= 15 is 0 Å². The average molecular weight is 237 g/mol. The summed E-state index contributed by atoms with van der Waals surface area (Å²) in [5.74, 6) is 6.42. The highest BCUT2D eigenvalue weighted by Crippen LogP contribution is 2.24. The highest BCUT2D eigenvalue weighted by Gasteiger charge is 2.16. The first-order valence-electron chi connectivity index (χ1n) is 5.82. The normalized spacial score (nSPS) is 18.1. The molecule has 3 nitrogen and oxygen atoms in total. The molecule has 1 heterocycles. The molecule has 0 atom stereocenters. The molecule has 3 N–H and O–H groups in total. The first kappa shape index (κ1) is 11.6. The van der Waals surface area contributed by atoms with E-state index in [1.165, 1.54) is 36.1 Å². The van der Waals surface area contributed by atoms with Gasteiger partial charge in [-0.3, -0.25) is 4.99 Å². The summed E-state index contributed by atoms with van der Waals surface area (Å²) < 4.78 is 0. The zero-order valence-electron chi connectivity index (χ0n) is 9.92. The van der Waals surface area contributed by atoms with Crippen LogP contribution in [0, 0.1) is 13.8 Å². The Morgan fingerprint density at radius 2 is 2.12 bits per heavy atom. The fraction of sp³-hybridized carbons (Fsp3) is 0.583. The number of aliphatic imine (C=N–C) groups is 1. The molecule has 0 unspecified atom stereocenters. The van der Waals surface area contributed by atoms with Gasteiger partial charge in [-0.15, -0.1) is 11.3 Å². The number of rotatable bonds is 2. The van der Waals surface area contributed by atoms with E-state index < -0.39 is 0 Å². The lowest BCUT2D eigenvalue weighted by molar-refractivity contribution is 0.701. The van der Waals surface area contributed by atoms with Gasteiger partial charge in [0.15, 0.2) is 5.84 Å². The van der Waals surface area contributed by atoms with Gasteiger partial charge in [-0.2, -0.15) is 0 Å². The van der Waals surface area contributed by atoms with Crippen molar-refractivity contribution in [3.05, 3.63) is 21.4 Å². The number of aryl methyl sites for hydroxylation is 2. The number of hydrazine groups is 1. The second kappa shape index (κ2) is 4.97. The van der Waals surface area contributed by atoms with Gasteiger partial charge >= 0.3 is 0 Å². The number of hydrogen-bond donors (Lipinski definition) is 2. The Hall–Kier alpha value is -0.870. The Kier molecular flexibility index (Phi) is 3.61. The molecule has 0 spiro atoms. The average Bonchev–Trinajstić information content (AvgIpc) is 2.86. The van der Waals surface area contributed by atoms with Crippen molar-refractivity contribution in [2.24, 2.45) is 10.8 Å². The van der Waals surface area contributed by atoms with Crippen molar-refractivity contribution in [2.45, 2.75) is 45.6 Å². The molecule has 0 saturated heterocycles. The van der Waals surface area contributed by atoms with Crippen LogP contribution in [-0.2, 0) is 0 Å². The minimum Gasteiger partial charge on any atom is -0.308 e. The molecule has 1 fully saturated rings. The number of hydrogen-bond acceptors (Lipinski definition) is 3. The molecular weight excluding hydrogens is 218 g/mol. The lowest BCUT2D eigenvalue weighted by Crippen LogP contribution is -2.31. The number of amidine groups is 1. The van der Waals surface area contributed by atoms with Crippen LogP contribution >= 0.6 is 11.3 Å². The summed E-state index contributed by atoms with van der Waals surface area (Å²) in [6.45, 7) is 4.26. The quantitative estimate of drug-likeness (QED) is 0.359. The molecule has 0 bridgehead atoms. The minimum absolute atomic E-state index is 0.466. The van der Waals surface area contributed by atoms with Crippen molar-refractivity contribution in [1.82, 2.24) is 5.43 Å². The molecule has 0 amide bonds. The fourth-order valence-corrected chi connectivity index (χ4v) is 3.07. The SMILES string of the molecule is Cc1cc(C(=NC2CCCC2)NN)sc1C. The molecule has 88 valence electrons. The van der Waals surface area contributed by atoms with Crippen LogP contribution in [0.15, 0.2) is 11.1 Å². The topological polar surface area (TPSA) is 50.4 Å². The number of thiophene rings is 1. The van der Waals surface area contributed by atoms with Crippen molar-refractivity contribution >= 4 is 17.2 Å². The van der Waals surface area contributed by atoms with Gasteiger partial charge in [0.05, 0.1) is 10.9 Å². The highest BCUT2D eigenvalue weighted by atomic mass is 32.1. The van der Waals surface area contributed by atoms with E-state index in [1.807, 2.05) is 0 Å². The molecular formula is C12H19N3S. The van der Waals surface area contributed by atoms with Crippen LogP contribution in [0.1, 0.15) is 41.0 Å². The van der Waals surface area contributed by atoms with E-state index in [1.54, 1.807) is 11.3 Å². The second-order valence-electron chi connectivity index (χ2n) is 4.41. The van der Waals surface area contributed by atoms with E-state index in [0.717, 1.165) is 10.7 Å². The van der Waals surface area contributed by atoms with Crippen LogP contribution in [0.2, 0.25) is 0 Å². The summed E-state index contributed by atoms with van der Waals surface area (Å²) in [7, 11) is 0. The van der Waals surface area contributed by atoms with Gasteiger partial charge in [0.25, 0.3) is 0 Å². The largest absolute Gasteiger partial charge is 0.308 e. The molecule has 1 aromatic rings. The molecule has 2 rings (SSSR count). The van der Waals surface area contributed by atoms with Crippen molar-refractivity contribution in [2.75, 3.05) is 0 Å². The molecule has 0 aliphatic heterocycles. The lowest BCUT2D eigenvalue weighted by Gasteiger charge is -2.07. The van der Waals surface area contributed by atoms with Gasteiger partial charge < -0.3 is 5.43 Å². The van der Waals surface area contributed by atoms with Crippen LogP contribution in [0.4, 0.5) is 0 Å². The summed E-state index contributed by atoms with van der Waals surface area (Å²) in [5.41, 5.74) is 4.06. The fourth-order valence-electron chi connectivity index (χ4n) is 2.08. The van der Waals surface area contributed by atoms with Crippen LogP contribution in [0.25, 0.3) is 0 Å². The van der Waals surface area contributed by atoms with Gasteiger partial charge in [0, 0.05) is 4.88 Å². The standard InChI is InChI=1S/C12H19N3S/c1-8-7-11(16-9(8)2)12(15-13)14-10-5-3-4-6-10/h7,10H,3-6,13H2,1-2H3,(H,14,15). The molecule has 16 heavy (non-hydrogen) atoms. The Morgan fingerprint density at radius 1 is 1.44 bits per heavy atom. The summed E-state index contributed by atoms with van der Waals surface area (Å²) in [4.78, 5) is 7.20. The maximum Gasteiger partial charge on any atom is 0.153 e. The molecule has 1 aromatic heterocycles. The van der Waals surface area contributed by atoms with Gasteiger partial charge in [-0.05, 0) is 38.3 Å². The number of nitrogens with one attached hydrogen (secondary N) is 1. The van der Waals surface area contributed by atoms with Crippen LogP contribution in [0.3, 0.4) is 0 Å². The maximum absolute atomic E-state index is 5.57. The van der Waals surface area contributed by atoms with Gasteiger partial charge in [-0.1, -0.05) is 12.8 Å². The lowest BCUT2D eigenvalue weighted by atomic mass is 10.2. The van der Waals surface area contributed by atoms with Crippen LogP contribution in [0.5, 0.6) is 0 Å². The van der Waals surface area contributed by atoms with Gasteiger partial charge in [-0.25, -0.2) is 5.84 Å². The summed E-state index contributed by atoms with van der Waals surface area (Å²) in [6, 6.07) is 2.63. The minimum atomic E-state index is 0.466. The summed E-state index contributed by atoms with van der Waals surface area (Å²) in [6.07, 6.45) is 5.01. The van der Waals surface area contributed by atoms with E-state index in [4.69, 9.17) is 10.8 Å². The molecule has 0 aromatic carbocycles. The van der Waals surface area contributed by atoms with E-state index in [-0.39, 0.29) is 0 Å². The van der Waals surface area contributed by atoms with Gasteiger partial charge in [0.1, 0.15) is 0 Å². The highest BCUT2D eigenvalue weighted by molar-refractivity contribution is 7.14. The third-order valence-corrected chi connectivity index (χ3v) is 4.33. The van der Waals surface area contributed by atoms with E-state index in [0.29, 0.717) is 6.04 Å². The van der Waals surface area contributed by atoms with Gasteiger partial charge in [0.2, 0.25) is 0 Å².